The fourth-order valence-corrected chi connectivity index (χ4v) is 5.59. The van der Waals surface area contributed by atoms with Gasteiger partial charge in [0.15, 0.2) is 5.11 Å². The molecule has 3 aromatic rings. The van der Waals surface area contributed by atoms with Crippen LogP contribution in [0.15, 0.2) is 54.7 Å². The molecule has 184 valence electrons. The average molecular weight is 492 g/mol. The van der Waals surface area contributed by atoms with Crippen molar-refractivity contribution in [2.75, 3.05) is 49.8 Å². The average Bonchev–Trinajstić information content (AvgIpc) is 3.38. The summed E-state index contributed by atoms with van der Waals surface area (Å²) in [6.45, 7) is 9.22. The lowest BCUT2D eigenvalue weighted by molar-refractivity contribution is 0.122. The molecule has 7 nitrogen and oxygen atoms in total. The minimum atomic E-state index is -0.0565. The van der Waals surface area contributed by atoms with Crippen molar-refractivity contribution in [1.82, 2.24) is 14.9 Å². The highest BCUT2D eigenvalue weighted by Crippen LogP contribution is 2.43. The lowest BCUT2D eigenvalue weighted by atomic mass is 9.96. The summed E-state index contributed by atoms with van der Waals surface area (Å²) < 4.78 is 13.2. The minimum absolute atomic E-state index is 0.0193. The number of benzene rings is 1. The molecule has 2 aromatic heterocycles. The van der Waals surface area contributed by atoms with Gasteiger partial charge in [0.2, 0.25) is 0 Å². The molecule has 8 heteroatoms. The summed E-state index contributed by atoms with van der Waals surface area (Å²) >= 11 is 5.92. The highest BCUT2D eigenvalue weighted by atomic mass is 32.1. The number of nitrogens with zero attached hydrogens (tertiary/aromatic N) is 4. The van der Waals surface area contributed by atoms with Gasteiger partial charge in [0.25, 0.3) is 0 Å². The van der Waals surface area contributed by atoms with Gasteiger partial charge >= 0.3 is 0 Å². The fourth-order valence-electron chi connectivity index (χ4n) is 5.25. The van der Waals surface area contributed by atoms with Crippen molar-refractivity contribution in [1.29, 1.82) is 0 Å². The lowest BCUT2D eigenvalue weighted by Crippen LogP contribution is -2.36. The predicted molar refractivity (Wildman–Crippen MR) is 143 cm³/mol. The zero-order chi connectivity index (χ0) is 24.4. The maximum atomic E-state index is 5.92. The van der Waals surface area contributed by atoms with Crippen molar-refractivity contribution in [2.45, 2.75) is 32.5 Å². The van der Waals surface area contributed by atoms with E-state index >= 15 is 0 Å². The molecule has 5 rings (SSSR count). The van der Waals surface area contributed by atoms with Crippen LogP contribution in [0.3, 0.4) is 0 Å². The van der Waals surface area contributed by atoms with Crippen molar-refractivity contribution in [3.05, 3.63) is 77.4 Å². The molecule has 1 N–H and O–H groups in total. The Balaban J connectivity index is 1.54. The molecule has 2 fully saturated rings. The highest BCUT2D eigenvalue weighted by molar-refractivity contribution is 7.80. The first-order valence-electron chi connectivity index (χ1n) is 12.2. The molecular formula is C27H33N5O2S. The van der Waals surface area contributed by atoms with Gasteiger partial charge in [0.05, 0.1) is 37.6 Å². The van der Waals surface area contributed by atoms with Gasteiger partial charge in [0.1, 0.15) is 0 Å². The Kier molecular flexibility index (Phi) is 7.04. The number of anilines is 2. The summed E-state index contributed by atoms with van der Waals surface area (Å²) in [4.78, 5) is 9.31. The van der Waals surface area contributed by atoms with Crippen molar-refractivity contribution in [2.24, 2.45) is 0 Å². The van der Waals surface area contributed by atoms with E-state index in [4.69, 9.17) is 21.7 Å². The summed E-state index contributed by atoms with van der Waals surface area (Å²) in [7, 11) is 1.74. The smallest absolute Gasteiger partial charge is 0.174 e. The van der Waals surface area contributed by atoms with E-state index in [1.807, 2.05) is 18.3 Å². The molecule has 0 aliphatic carbocycles. The lowest BCUT2D eigenvalue weighted by Gasteiger charge is -2.31. The molecule has 2 aliphatic rings. The second-order valence-corrected chi connectivity index (χ2v) is 9.47. The van der Waals surface area contributed by atoms with Crippen LogP contribution >= 0.6 is 12.2 Å². The molecule has 0 amide bonds. The number of hydrogen-bond donors (Lipinski definition) is 1. The van der Waals surface area contributed by atoms with Gasteiger partial charge in [-0.2, -0.15) is 0 Å². The first-order valence-corrected chi connectivity index (χ1v) is 12.6. The summed E-state index contributed by atoms with van der Waals surface area (Å²) in [6.07, 6.45) is 1.85. The number of methoxy groups -OCH3 is 1. The monoisotopic (exact) mass is 491 g/mol. The third kappa shape index (κ3) is 4.66. The molecule has 0 unspecified atom stereocenters. The van der Waals surface area contributed by atoms with Crippen LogP contribution < -0.4 is 15.1 Å². The van der Waals surface area contributed by atoms with Gasteiger partial charge < -0.3 is 29.2 Å². The van der Waals surface area contributed by atoms with E-state index in [0.717, 1.165) is 44.2 Å². The topological polar surface area (TPSA) is 54.8 Å². The first-order chi connectivity index (χ1) is 17.1. The van der Waals surface area contributed by atoms with Gasteiger partial charge in [-0.25, -0.2) is 0 Å². The molecule has 2 saturated heterocycles. The van der Waals surface area contributed by atoms with Crippen LogP contribution in [-0.4, -0.2) is 54.7 Å². The van der Waals surface area contributed by atoms with E-state index < -0.39 is 0 Å². The van der Waals surface area contributed by atoms with Crippen LogP contribution in [0.25, 0.3) is 0 Å². The SMILES string of the molecule is COCCn1c(C)cc([C@H]2[C@@H](c3ccccn3)NC(=S)N2c2ccc(N3CCOCC3)cc2)c1C. The zero-order valence-corrected chi connectivity index (χ0v) is 21.4. The van der Waals surface area contributed by atoms with Gasteiger partial charge in [-0.3, -0.25) is 4.98 Å². The van der Waals surface area contributed by atoms with E-state index in [1.165, 1.54) is 22.6 Å². The van der Waals surface area contributed by atoms with Crippen LogP contribution in [0.2, 0.25) is 0 Å². The maximum absolute atomic E-state index is 5.92. The Labute approximate surface area is 212 Å². The van der Waals surface area contributed by atoms with Crippen LogP contribution in [0.1, 0.15) is 34.7 Å². The highest BCUT2D eigenvalue weighted by Gasteiger charge is 2.42. The van der Waals surface area contributed by atoms with Crippen LogP contribution in [0.5, 0.6) is 0 Å². The fraction of sp³-hybridized carbons (Fsp3) is 0.407. The van der Waals surface area contributed by atoms with Crippen molar-refractivity contribution in [3.8, 4) is 0 Å². The van der Waals surface area contributed by atoms with Crippen LogP contribution in [0.4, 0.5) is 11.4 Å². The van der Waals surface area contributed by atoms with E-state index in [-0.39, 0.29) is 12.1 Å². The molecular weight excluding hydrogens is 458 g/mol. The number of aryl methyl sites for hydroxylation is 1. The zero-order valence-electron chi connectivity index (χ0n) is 20.6. The Morgan fingerprint density at radius 1 is 1.09 bits per heavy atom. The van der Waals surface area contributed by atoms with E-state index in [1.54, 1.807) is 7.11 Å². The van der Waals surface area contributed by atoms with Gasteiger partial charge in [-0.1, -0.05) is 6.07 Å². The first kappa shape index (κ1) is 23.8. The van der Waals surface area contributed by atoms with Gasteiger partial charge in [0, 0.05) is 55.7 Å². The third-order valence-electron chi connectivity index (χ3n) is 7.05. The second-order valence-electron chi connectivity index (χ2n) is 9.08. The summed E-state index contributed by atoms with van der Waals surface area (Å²) in [5.74, 6) is 0. The van der Waals surface area contributed by atoms with Gasteiger partial charge in [-0.15, -0.1) is 0 Å². The molecule has 4 heterocycles. The number of morpholine rings is 1. The van der Waals surface area contributed by atoms with E-state index in [9.17, 15) is 0 Å². The second kappa shape index (κ2) is 10.4. The standard InChI is InChI=1S/C27H33N5O2S/c1-19-18-23(20(2)31(19)14-15-33-3)26-25(24-6-4-5-11-28-24)29-27(35)32(26)22-9-7-21(8-10-22)30-12-16-34-17-13-30/h4-11,18,25-26H,12-17H2,1-3H3,(H,29,35)/t25-,26+/m1/s1. The Hall–Kier alpha value is -2.94. The summed E-state index contributed by atoms with van der Waals surface area (Å²) in [5, 5.41) is 4.29. The van der Waals surface area contributed by atoms with Crippen molar-refractivity contribution < 1.29 is 9.47 Å². The number of hydrogen-bond acceptors (Lipinski definition) is 5. The number of thiocarbonyl (C=S) groups is 1. The minimum Gasteiger partial charge on any atom is -0.383 e. The molecule has 0 spiro atoms. The molecule has 1 aromatic carbocycles. The molecule has 35 heavy (non-hydrogen) atoms. The molecule has 0 saturated carbocycles. The number of ether oxygens (including phenoxy) is 2. The molecule has 2 aliphatic heterocycles. The molecule has 0 radical (unpaired) electrons. The van der Waals surface area contributed by atoms with E-state index in [0.29, 0.717) is 11.7 Å². The quantitative estimate of drug-likeness (QED) is 0.498. The van der Waals surface area contributed by atoms with E-state index in [2.05, 4.69) is 74.9 Å². The number of rotatable bonds is 7. The molecule has 0 bridgehead atoms. The van der Waals surface area contributed by atoms with Crippen molar-refractivity contribution in [3.63, 3.8) is 0 Å². The Morgan fingerprint density at radius 2 is 1.83 bits per heavy atom. The number of nitrogens with one attached hydrogen (secondary N) is 1. The number of pyridine rings is 1. The third-order valence-corrected chi connectivity index (χ3v) is 7.37. The van der Waals surface area contributed by atoms with Crippen LogP contribution in [0, 0.1) is 13.8 Å². The van der Waals surface area contributed by atoms with Crippen molar-refractivity contribution >= 4 is 28.7 Å². The normalized spacial score (nSPS) is 20.4. The van der Waals surface area contributed by atoms with Gasteiger partial charge in [-0.05, 0) is 74.1 Å². The molecule has 2 atom stereocenters. The van der Waals surface area contributed by atoms with Crippen LogP contribution in [-0.2, 0) is 16.0 Å². The Morgan fingerprint density at radius 3 is 2.51 bits per heavy atom. The Bertz CT molecular complexity index is 1160. The maximum Gasteiger partial charge on any atom is 0.174 e. The predicted octanol–water partition coefficient (Wildman–Crippen LogP) is 4.16. The number of aromatic nitrogens is 2. The summed E-state index contributed by atoms with van der Waals surface area (Å²) in [6, 6.07) is 17.0. The largest absolute Gasteiger partial charge is 0.383 e. The summed E-state index contributed by atoms with van der Waals surface area (Å²) in [5.41, 5.74) is 6.96.